The average Bonchev–Trinajstić information content (AvgIpc) is 2.92. The van der Waals surface area contributed by atoms with Gasteiger partial charge in [-0.1, -0.05) is 25.7 Å². The molecule has 18 heavy (non-hydrogen) atoms. The van der Waals surface area contributed by atoms with Crippen molar-refractivity contribution < 1.29 is 0 Å². The van der Waals surface area contributed by atoms with Crippen LogP contribution in [-0.2, 0) is 0 Å². The minimum atomic E-state index is 0.578. The summed E-state index contributed by atoms with van der Waals surface area (Å²) in [6.45, 7) is 2.26. The molecule has 1 aromatic rings. The molecular weight excluding hydrogens is 244 g/mol. The van der Waals surface area contributed by atoms with Gasteiger partial charge in [0.25, 0.3) is 0 Å². The van der Waals surface area contributed by atoms with E-state index in [-0.39, 0.29) is 0 Å². The predicted octanol–water partition coefficient (Wildman–Crippen LogP) is 3.44. The Morgan fingerprint density at radius 3 is 2.33 bits per heavy atom. The van der Waals surface area contributed by atoms with E-state index in [1.165, 1.54) is 51.4 Å². The van der Waals surface area contributed by atoms with Gasteiger partial charge in [-0.05, 0) is 37.9 Å². The van der Waals surface area contributed by atoms with Gasteiger partial charge in [-0.15, -0.1) is 5.10 Å². The van der Waals surface area contributed by atoms with Crippen molar-refractivity contribution in [3.63, 3.8) is 0 Å². The Hall–Kier alpha value is -0.840. The monoisotopic (exact) mass is 266 g/mol. The molecule has 1 aromatic heterocycles. The highest BCUT2D eigenvalue weighted by Crippen LogP contribution is 2.33. The van der Waals surface area contributed by atoms with Crippen LogP contribution in [0.5, 0.6) is 0 Å². The highest BCUT2D eigenvalue weighted by Gasteiger charge is 2.24. The molecule has 5 heteroatoms. The van der Waals surface area contributed by atoms with Crippen molar-refractivity contribution in [3.05, 3.63) is 4.77 Å². The smallest absolute Gasteiger partial charge is 0.225 e. The largest absolute Gasteiger partial charge is 0.341 e. The predicted molar refractivity (Wildman–Crippen MR) is 75.6 cm³/mol. The molecule has 2 heterocycles. The van der Waals surface area contributed by atoms with Crippen molar-refractivity contribution in [1.29, 1.82) is 0 Å². The molecule has 0 atom stereocenters. The van der Waals surface area contributed by atoms with Crippen LogP contribution >= 0.6 is 12.2 Å². The third-order valence-electron chi connectivity index (χ3n) is 4.26. The molecule has 0 unspecified atom stereocenters. The minimum absolute atomic E-state index is 0.578. The Morgan fingerprint density at radius 1 is 1.00 bits per heavy atom. The van der Waals surface area contributed by atoms with Gasteiger partial charge < -0.3 is 4.90 Å². The molecule has 0 amide bonds. The van der Waals surface area contributed by atoms with E-state index in [1.54, 1.807) is 0 Å². The van der Waals surface area contributed by atoms with E-state index in [1.807, 2.05) is 0 Å². The van der Waals surface area contributed by atoms with Crippen LogP contribution in [0, 0.1) is 4.77 Å². The third kappa shape index (κ3) is 2.32. The van der Waals surface area contributed by atoms with E-state index >= 15 is 0 Å². The van der Waals surface area contributed by atoms with Crippen molar-refractivity contribution in [3.8, 4) is 0 Å². The van der Waals surface area contributed by atoms with Crippen LogP contribution < -0.4 is 4.90 Å². The zero-order chi connectivity index (χ0) is 12.4. The third-order valence-corrected chi connectivity index (χ3v) is 4.55. The fourth-order valence-corrected chi connectivity index (χ4v) is 3.56. The van der Waals surface area contributed by atoms with Gasteiger partial charge in [-0.2, -0.15) is 0 Å². The maximum absolute atomic E-state index is 5.43. The van der Waals surface area contributed by atoms with E-state index in [0.717, 1.165) is 23.8 Å². The van der Waals surface area contributed by atoms with Crippen molar-refractivity contribution >= 4 is 18.2 Å². The number of anilines is 1. The standard InChI is InChI=1S/C13H22N4S/c18-13-15-14-12(16-9-5-1-2-6-10-16)17(13)11-7-3-4-8-11/h11H,1-10H2,(H,15,18). The number of aromatic nitrogens is 3. The van der Waals surface area contributed by atoms with Gasteiger partial charge in [0.05, 0.1) is 0 Å². The van der Waals surface area contributed by atoms with Gasteiger partial charge in [0.2, 0.25) is 5.95 Å². The number of H-pyrrole nitrogens is 1. The zero-order valence-corrected chi connectivity index (χ0v) is 11.7. The van der Waals surface area contributed by atoms with Crippen LogP contribution in [0.2, 0.25) is 0 Å². The first kappa shape index (κ1) is 12.2. The van der Waals surface area contributed by atoms with E-state index in [0.29, 0.717) is 6.04 Å². The lowest BCUT2D eigenvalue weighted by Gasteiger charge is -2.24. The summed E-state index contributed by atoms with van der Waals surface area (Å²) in [4.78, 5) is 2.43. The molecule has 1 N–H and O–H groups in total. The molecule has 3 rings (SSSR count). The van der Waals surface area contributed by atoms with Crippen molar-refractivity contribution in [2.75, 3.05) is 18.0 Å². The topological polar surface area (TPSA) is 36.9 Å². The van der Waals surface area contributed by atoms with E-state index in [9.17, 15) is 0 Å². The van der Waals surface area contributed by atoms with Crippen molar-refractivity contribution in [2.45, 2.75) is 57.4 Å². The molecule has 100 valence electrons. The second-order valence-corrected chi connectivity index (χ2v) is 5.93. The lowest BCUT2D eigenvalue weighted by atomic mass is 10.2. The fraction of sp³-hybridized carbons (Fsp3) is 0.846. The molecule has 1 saturated heterocycles. The first-order chi connectivity index (χ1) is 8.86. The lowest BCUT2D eigenvalue weighted by Crippen LogP contribution is -2.28. The van der Waals surface area contributed by atoms with Crippen LogP contribution in [0.1, 0.15) is 57.4 Å². The highest BCUT2D eigenvalue weighted by atomic mass is 32.1. The molecule has 0 bridgehead atoms. The number of aromatic amines is 1. The first-order valence-electron chi connectivity index (χ1n) is 7.28. The Morgan fingerprint density at radius 2 is 1.67 bits per heavy atom. The molecule has 1 saturated carbocycles. The number of hydrogen-bond donors (Lipinski definition) is 1. The summed E-state index contributed by atoms with van der Waals surface area (Å²) in [5.74, 6) is 1.09. The Kier molecular flexibility index (Phi) is 3.68. The van der Waals surface area contributed by atoms with Crippen LogP contribution in [0.25, 0.3) is 0 Å². The fourth-order valence-electron chi connectivity index (χ4n) is 3.28. The SMILES string of the molecule is S=c1[nH]nc(N2CCCCCC2)n1C1CCCC1. The summed E-state index contributed by atoms with van der Waals surface area (Å²) >= 11 is 5.43. The molecule has 0 spiro atoms. The van der Waals surface area contributed by atoms with Crippen LogP contribution in [-0.4, -0.2) is 27.9 Å². The van der Waals surface area contributed by atoms with Gasteiger partial charge in [0, 0.05) is 19.1 Å². The summed E-state index contributed by atoms with van der Waals surface area (Å²) < 4.78 is 3.09. The maximum atomic E-state index is 5.43. The van der Waals surface area contributed by atoms with E-state index < -0.39 is 0 Å². The lowest BCUT2D eigenvalue weighted by molar-refractivity contribution is 0.506. The van der Waals surface area contributed by atoms with Gasteiger partial charge in [-0.25, -0.2) is 5.10 Å². The Labute approximate surface area is 113 Å². The van der Waals surface area contributed by atoms with Crippen molar-refractivity contribution in [2.24, 2.45) is 0 Å². The molecular formula is C13H22N4S. The van der Waals surface area contributed by atoms with E-state index in [4.69, 9.17) is 12.2 Å². The van der Waals surface area contributed by atoms with Gasteiger partial charge in [-0.3, -0.25) is 4.57 Å². The summed E-state index contributed by atoms with van der Waals surface area (Å²) in [5, 5.41) is 7.50. The second-order valence-electron chi connectivity index (χ2n) is 5.54. The number of hydrogen-bond acceptors (Lipinski definition) is 3. The molecule has 1 aliphatic heterocycles. The number of nitrogens with one attached hydrogen (secondary N) is 1. The minimum Gasteiger partial charge on any atom is -0.341 e. The van der Waals surface area contributed by atoms with Gasteiger partial charge in [0.15, 0.2) is 4.77 Å². The van der Waals surface area contributed by atoms with E-state index in [2.05, 4.69) is 19.7 Å². The molecule has 0 radical (unpaired) electrons. The molecule has 0 aromatic carbocycles. The highest BCUT2D eigenvalue weighted by molar-refractivity contribution is 7.71. The summed E-state index contributed by atoms with van der Waals surface area (Å²) in [5.41, 5.74) is 0. The maximum Gasteiger partial charge on any atom is 0.225 e. The Balaban J connectivity index is 1.88. The van der Waals surface area contributed by atoms with Gasteiger partial charge in [0.1, 0.15) is 0 Å². The average molecular weight is 266 g/mol. The quantitative estimate of drug-likeness (QED) is 0.833. The normalized spacial score (nSPS) is 22.3. The summed E-state index contributed by atoms with van der Waals surface area (Å²) in [6.07, 6.45) is 10.4. The Bertz CT molecular complexity index is 436. The molecule has 2 fully saturated rings. The van der Waals surface area contributed by atoms with Crippen LogP contribution in [0.3, 0.4) is 0 Å². The van der Waals surface area contributed by atoms with Crippen LogP contribution in [0.15, 0.2) is 0 Å². The number of rotatable bonds is 2. The second kappa shape index (κ2) is 5.43. The van der Waals surface area contributed by atoms with Crippen molar-refractivity contribution in [1.82, 2.24) is 14.8 Å². The number of nitrogens with zero attached hydrogens (tertiary/aromatic N) is 3. The molecule has 2 aliphatic rings. The summed E-state index contributed by atoms with van der Waals surface area (Å²) in [7, 11) is 0. The molecule has 4 nitrogen and oxygen atoms in total. The van der Waals surface area contributed by atoms with Crippen LogP contribution in [0.4, 0.5) is 5.95 Å². The molecule has 1 aliphatic carbocycles. The zero-order valence-electron chi connectivity index (χ0n) is 10.9. The first-order valence-corrected chi connectivity index (χ1v) is 7.69. The summed E-state index contributed by atoms with van der Waals surface area (Å²) in [6, 6.07) is 0.578. The van der Waals surface area contributed by atoms with Gasteiger partial charge >= 0.3 is 0 Å².